The number of rotatable bonds is 6. The van der Waals surface area contributed by atoms with Crippen molar-refractivity contribution < 1.29 is 18.4 Å². The molecule has 7 nitrogen and oxygen atoms in total. The smallest absolute Gasteiger partial charge is 0.309 e. The van der Waals surface area contributed by atoms with Crippen LogP contribution < -0.4 is 10.6 Å². The van der Waals surface area contributed by atoms with Crippen LogP contribution in [-0.2, 0) is 16.1 Å². The molecule has 2 aromatic heterocycles. The number of amides is 2. The Morgan fingerprint density at radius 3 is 2.54 bits per heavy atom. The second-order valence-corrected chi connectivity index (χ2v) is 5.54. The number of halogens is 1. The zero-order valence-electron chi connectivity index (χ0n) is 13.8. The molecule has 0 aliphatic heterocycles. The molecule has 0 fully saturated rings. The molecule has 3 aromatic rings. The summed E-state index contributed by atoms with van der Waals surface area (Å²) in [5, 5.41) is 9.22. The summed E-state index contributed by atoms with van der Waals surface area (Å²) in [6.07, 6.45) is 4.89. The predicted molar refractivity (Wildman–Crippen MR) is 90.3 cm³/mol. The van der Waals surface area contributed by atoms with E-state index in [2.05, 4.69) is 15.7 Å². The van der Waals surface area contributed by atoms with Crippen molar-refractivity contribution in [2.45, 2.75) is 12.6 Å². The van der Waals surface area contributed by atoms with Gasteiger partial charge in [0.1, 0.15) is 17.6 Å². The highest BCUT2D eigenvalue weighted by Gasteiger charge is 2.20. The molecule has 2 N–H and O–H groups in total. The van der Waals surface area contributed by atoms with Crippen LogP contribution >= 0.6 is 0 Å². The first-order valence-corrected chi connectivity index (χ1v) is 7.96. The van der Waals surface area contributed by atoms with Gasteiger partial charge >= 0.3 is 11.8 Å². The maximum absolute atomic E-state index is 12.9. The minimum atomic E-state index is -0.770. The molecule has 0 bridgehead atoms. The number of benzene rings is 1. The summed E-state index contributed by atoms with van der Waals surface area (Å²) in [5.41, 5.74) is 0.692. The Morgan fingerprint density at radius 2 is 1.88 bits per heavy atom. The third kappa shape index (κ3) is 4.35. The third-order valence-electron chi connectivity index (χ3n) is 3.74. The Hall–Kier alpha value is -3.42. The number of nitrogens with one attached hydrogen (secondary N) is 2. The lowest BCUT2D eigenvalue weighted by atomic mass is 10.2. The van der Waals surface area contributed by atoms with Crippen molar-refractivity contribution in [3.8, 4) is 0 Å². The van der Waals surface area contributed by atoms with Crippen LogP contribution in [0.3, 0.4) is 0 Å². The summed E-state index contributed by atoms with van der Waals surface area (Å²) in [6, 6.07) is 10.6. The van der Waals surface area contributed by atoms with E-state index in [4.69, 9.17) is 4.42 Å². The molecule has 3 rings (SSSR count). The molecule has 0 spiro atoms. The van der Waals surface area contributed by atoms with E-state index in [9.17, 15) is 14.0 Å². The summed E-state index contributed by atoms with van der Waals surface area (Å²) in [7, 11) is 0. The normalized spacial score (nSPS) is 11.7. The van der Waals surface area contributed by atoms with Crippen molar-refractivity contribution >= 4 is 11.8 Å². The summed E-state index contributed by atoms with van der Waals surface area (Å²) in [5.74, 6) is -1.29. The van der Waals surface area contributed by atoms with Gasteiger partial charge in [-0.05, 0) is 35.9 Å². The van der Waals surface area contributed by atoms with Gasteiger partial charge in [-0.15, -0.1) is 0 Å². The van der Waals surface area contributed by atoms with Gasteiger partial charge in [0.15, 0.2) is 0 Å². The second-order valence-electron chi connectivity index (χ2n) is 5.54. The highest BCUT2D eigenvalue weighted by Crippen LogP contribution is 2.17. The fourth-order valence-electron chi connectivity index (χ4n) is 2.40. The molecule has 1 atom stereocenters. The van der Waals surface area contributed by atoms with Crippen LogP contribution in [-0.4, -0.2) is 28.1 Å². The Kier molecular flexibility index (Phi) is 5.43. The summed E-state index contributed by atoms with van der Waals surface area (Å²) in [4.78, 5) is 23.9. The van der Waals surface area contributed by atoms with Gasteiger partial charge in [-0.3, -0.25) is 14.3 Å². The maximum Gasteiger partial charge on any atom is 0.309 e. The number of hydrogen-bond donors (Lipinski definition) is 2. The van der Waals surface area contributed by atoms with Gasteiger partial charge in [-0.25, -0.2) is 4.39 Å². The molecular formula is C18H17FN4O3. The average Bonchev–Trinajstić information content (AvgIpc) is 3.35. The molecule has 8 heteroatoms. The molecule has 0 aliphatic carbocycles. The topological polar surface area (TPSA) is 89.2 Å². The van der Waals surface area contributed by atoms with Crippen molar-refractivity contribution in [1.29, 1.82) is 0 Å². The molecule has 134 valence electrons. The van der Waals surface area contributed by atoms with E-state index < -0.39 is 11.8 Å². The lowest BCUT2D eigenvalue weighted by molar-refractivity contribution is -0.139. The first-order chi connectivity index (χ1) is 12.6. The fraction of sp³-hybridized carbons (Fsp3) is 0.167. The van der Waals surface area contributed by atoms with Crippen LogP contribution in [0.25, 0.3) is 0 Å². The van der Waals surface area contributed by atoms with Crippen molar-refractivity contribution in [3.63, 3.8) is 0 Å². The second kappa shape index (κ2) is 8.11. The van der Waals surface area contributed by atoms with Crippen LogP contribution in [0.2, 0.25) is 0 Å². The number of carbonyl (C=O) groups excluding carboxylic acids is 2. The SMILES string of the molecule is O=C(NCc1ccc(F)cc1)C(=O)NCC(c1ccco1)n1cccn1. The van der Waals surface area contributed by atoms with Gasteiger partial charge in [0.05, 0.1) is 6.26 Å². The minimum absolute atomic E-state index is 0.132. The molecule has 0 radical (unpaired) electrons. The van der Waals surface area contributed by atoms with E-state index in [0.29, 0.717) is 11.3 Å². The number of furan rings is 1. The fourth-order valence-corrected chi connectivity index (χ4v) is 2.40. The lowest BCUT2D eigenvalue weighted by Crippen LogP contribution is -2.42. The Bertz CT molecular complexity index is 811. The quantitative estimate of drug-likeness (QED) is 0.657. The predicted octanol–water partition coefficient (Wildman–Crippen LogP) is 1.64. The van der Waals surface area contributed by atoms with E-state index in [-0.39, 0.29) is 24.9 Å². The number of nitrogens with zero attached hydrogens (tertiary/aromatic N) is 2. The molecule has 0 saturated carbocycles. The Balaban J connectivity index is 1.54. The molecule has 1 aromatic carbocycles. The van der Waals surface area contributed by atoms with Gasteiger partial charge in [-0.1, -0.05) is 12.1 Å². The van der Waals surface area contributed by atoms with E-state index in [1.165, 1.54) is 30.5 Å². The molecule has 2 heterocycles. The van der Waals surface area contributed by atoms with Gasteiger partial charge in [0.25, 0.3) is 0 Å². The monoisotopic (exact) mass is 356 g/mol. The van der Waals surface area contributed by atoms with Crippen LogP contribution in [0.1, 0.15) is 17.4 Å². The van der Waals surface area contributed by atoms with E-state index in [1.54, 1.807) is 35.3 Å². The van der Waals surface area contributed by atoms with Gasteiger partial charge in [0.2, 0.25) is 0 Å². The van der Waals surface area contributed by atoms with Crippen LogP contribution in [0, 0.1) is 5.82 Å². The summed E-state index contributed by atoms with van der Waals surface area (Å²) >= 11 is 0. The minimum Gasteiger partial charge on any atom is -0.467 e. The molecular weight excluding hydrogens is 339 g/mol. The average molecular weight is 356 g/mol. The number of aromatic nitrogens is 2. The van der Waals surface area contributed by atoms with Crippen LogP contribution in [0.4, 0.5) is 4.39 Å². The molecule has 2 amide bonds. The standard InChI is InChI=1S/C18H17FN4O3/c19-14-6-4-13(5-7-14)11-20-17(24)18(25)21-12-15(16-3-1-10-26-16)23-9-2-8-22-23/h1-10,15H,11-12H2,(H,20,24)(H,21,25). The number of carbonyl (C=O) groups is 2. The van der Waals surface area contributed by atoms with Crippen molar-refractivity contribution in [1.82, 2.24) is 20.4 Å². The summed E-state index contributed by atoms with van der Waals surface area (Å²) < 4.78 is 19.9. The largest absolute Gasteiger partial charge is 0.467 e. The van der Waals surface area contributed by atoms with Crippen molar-refractivity contribution in [2.24, 2.45) is 0 Å². The summed E-state index contributed by atoms with van der Waals surface area (Å²) in [6.45, 7) is 0.269. The zero-order chi connectivity index (χ0) is 18.4. The lowest BCUT2D eigenvalue weighted by Gasteiger charge is -2.16. The van der Waals surface area contributed by atoms with Gasteiger partial charge in [-0.2, -0.15) is 5.10 Å². The molecule has 1 unspecified atom stereocenters. The highest BCUT2D eigenvalue weighted by atomic mass is 19.1. The van der Waals surface area contributed by atoms with Crippen molar-refractivity contribution in [3.05, 3.63) is 78.3 Å². The highest BCUT2D eigenvalue weighted by molar-refractivity contribution is 6.35. The van der Waals surface area contributed by atoms with Crippen molar-refractivity contribution in [2.75, 3.05) is 6.54 Å². The Morgan fingerprint density at radius 1 is 1.12 bits per heavy atom. The molecule has 0 saturated heterocycles. The van der Waals surface area contributed by atoms with Gasteiger partial charge in [0, 0.05) is 25.5 Å². The number of hydrogen-bond acceptors (Lipinski definition) is 4. The first-order valence-electron chi connectivity index (χ1n) is 7.96. The molecule has 26 heavy (non-hydrogen) atoms. The molecule has 0 aliphatic rings. The van der Waals surface area contributed by atoms with Crippen LogP contribution in [0.15, 0.2) is 65.5 Å². The van der Waals surface area contributed by atoms with E-state index in [1.807, 2.05) is 0 Å². The van der Waals surface area contributed by atoms with Gasteiger partial charge < -0.3 is 15.1 Å². The Labute approximate surface area is 148 Å². The maximum atomic E-state index is 12.9. The first kappa shape index (κ1) is 17.4. The third-order valence-corrected chi connectivity index (χ3v) is 3.74. The van der Waals surface area contributed by atoms with E-state index in [0.717, 1.165) is 0 Å². The van der Waals surface area contributed by atoms with Crippen LogP contribution in [0.5, 0.6) is 0 Å². The van der Waals surface area contributed by atoms with E-state index >= 15 is 0 Å². The zero-order valence-corrected chi connectivity index (χ0v) is 13.8.